The van der Waals surface area contributed by atoms with Crippen molar-refractivity contribution >= 4 is 11.4 Å². The number of benzene rings is 1. The lowest BCUT2D eigenvalue weighted by Crippen LogP contribution is -2.17. The molecule has 2 nitrogen and oxygen atoms in total. The Balaban J connectivity index is 1.96. The molecule has 2 atom stereocenters. The van der Waals surface area contributed by atoms with Gasteiger partial charge < -0.3 is 11.1 Å². The summed E-state index contributed by atoms with van der Waals surface area (Å²) in [7, 11) is 0. The first-order valence-electron chi connectivity index (χ1n) is 5.96. The number of halogens is 1. The highest BCUT2D eigenvalue weighted by atomic mass is 19.1. The van der Waals surface area contributed by atoms with Gasteiger partial charge in [-0.15, -0.1) is 0 Å². The third kappa shape index (κ3) is 2.29. The minimum Gasteiger partial charge on any atom is -0.395 e. The molecule has 1 saturated carbocycles. The van der Waals surface area contributed by atoms with Crippen LogP contribution >= 0.6 is 0 Å². The average molecular weight is 222 g/mol. The topological polar surface area (TPSA) is 38.0 Å². The van der Waals surface area contributed by atoms with E-state index in [4.69, 9.17) is 5.73 Å². The lowest BCUT2D eigenvalue weighted by molar-refractivity contribution is 0.439. The number of nitrogens with one attached hydrogen (secondary N) is 1. The van der Waals surface area contributed by atoms with Gasteiger partial charge in [0.2, 0.25) is 0 Å². The molecule has 0 aromatic heterocycles. The Morgan fingerprint density at radius 2 is 2.25 bits per heavy atom. The van der Waals surface area contributed by atoms with Gasteiger partial charge in [0.05, 0.1) is 11.4 Å². The van der Waals surface area contributed by atoms with Gasteiger partial charge in [-0.1, -0.05) is 25.8 Å². The van der Waals surface area contributed by atoms with Crippen molar-refractivity contribution in [2.24, 2.45) is 11.8 Å². The molecule has 16 heavy (non-hydrogen) atoms. The molecule has 0 aliphatic heterocycles. The van der Waals surface area contributed by atoms with Crippen molar-refractivity contribution in [3.63, 3.8) is 0 Å². The van der Waals surface area contributed by atoms with Crippen molar-refractivity contribution < 1.29 is 4.39 Å². The predicted octanol–water partition coefficient (Wildman–Crippen LogP) is 3.26. The van der Waals surface area contributed by atoms with Crippen molar-refractivity contribution in [1.29, 1.82) is 0 Å². The third-order valence-corrected chi connectivity index (χ3v) is 3.65. The van der Waals surface area contributed by atoms with Crippen LogP contribution in [0.3, 0.4) is 0 Å². The van der Waals surface area contributed by atoms with E-state index in [0.29, 0.717) is 5.92 Å². The highest BCUT2D eigenvalue weighted by Gasteiger charge is 2.23. The number of nitrogens with two attached hydrogens (primary N) is 1. The zero-order valence-corrected chi connectivity index (χ0v) is 9.67. The molecule has 1 aromatic rings. The van der Waals surface area contributed by atoms with Gasteiger partial charge in [0.25, 0.3) is 0 Å². The summed E-state index contributed by atoms with van der Waals surface area (Å²) >= 11 is 0. The smallest absolute Gasteiger partial charge is 0.148 e. The number of rotatable bonds is 3. The highest BCUT2D eigenvalue weighted by molar-refractivity contribution is 5.66. The minimum atomic E-state index is -0.343. The first kappa shape index (κ1) is 11.2. The summed E-state index contributed by atoms with van der Waals surface area (Å²) < 4.78 is 13.2. The first-order chi connectivity index (χ1) is 7.68. The maximum atomic E-state index is 13.2. The van der Waals surface area contributed by atoms with Crippen molar-refractivity contribution in [1.82, 2.24) is 0 Å². The highest BCUT2D eigenvalue weighted by Crippen LogP contribution is 2.32. The molecule has 1 aliphatic rings. The second kappa shape index (κ2) is 4.73. The van der Waals surface area contributed by atoms with Crippen LogP contribution in [0.2, 0.25) is 0 Å². The molecule has 2 rings (SSSR count). The van der Waals surface area contributed by atoms with Gasteiger partial charge in [-0.3, -0.25) is 0 Å². The monoisotopic (exact) mass is 222 g/mol. The van der Waals surface area contributed by atoms with Gasteiger partial charge in [-0.25, -0.2) is 4.39 Å². The van der Waals surface area contributed by atoms with Gasteiger partial charge in [-0.05, 0) is 30.4 Å². The lowest BCUT2D eigenvalue weighted by Gasteiger charge is -2.17. The summed E-state index contributed by atoms with van der Waals surface area (Å²) in [6, 6.07) is 4.91. The second-order valence-corrected chi connectivity index (χ2v) is 4.75. The van der Waals surface area contributed by atoms with Gasteiger partial charge >= 0.3 is 0 Å². The van der Waals surface area contributed by atoms with Gasteiger partial charge in [0.15, 0.2) is 0 Å². The summed E-state index contributed by atoms with van der Waals surface area (Å²) in [5, 5.41) is 3.26. The molecule has 88 valence electrons. The second-order valence-electron chi connectivity index (χ2n) is 4.75. The fraction of sp³-hybridized carbons (Fsp3) is 0.538. The lowest BCUT2D eigenvalue weighted by atomic mass is 9.98. The zero-order chi connectivity index (χ0) is 11.5. The van der Waals surface area contributed by atoms with Crippen LogP contribution in [0.15, 0.2) is 18.2 Å². The maximum absolute atomic E-state index is 13.2. The maximum Gasteiger partial charge on any atom is 0.148 e. The van der Waals surface area contributed by atoms with Crippen LogP contribution in [0.5, 0.6) is 0 Å². The predicted molar refractivity (Wildman–Crippen MR) is 65.8 cm³/mol. The molecule has 0 radical (unpaired) electrons. The van der Waals surface area contributed by atoms with Crippen LogP contribution in [0.4, 0.5) is 15.8 Å². The molecule has 1 aliphatic carbocycles. The van der Waals surface area contributed by atoms with Crippen molar-refractivity contribution in [2.45, 2.75) is 26.2 Å². The Hall–Kier alpha value is -1.25. The van der Waals surface area contributed by atoms with Crippen molar-refractivity contribution in [3.8, 4) is 0 Å². The standard InChI is InChI=1S/C13H19FN2/c1-9-4-2-5-10(9)8-16-12-7-3-6-11(14)13(12)15/h3,6-7,9-10,16H,2,4-5,8,15H2,1H3. The molecule has 1 fully saturated rings. The number of hydrogen-bond donors (Lipinski definition) is 2. The third-order valence-electron chi connectivity index (χ3n) is 3.65. The van der Waals surface area contributed by atoms with E-state index in [2.05, 4.69) is 12.2 Å². The Labute approximate surface area is 96.0 Å². The van der Waals surface area contributed by atoms with Crippen molar-refractivity contribution in [3.05, 3.63) is 24.0 Å². The van der Waals surface area contributed by atoms with Crippen LogP contribution in [-0.4, -0.2) is 6.54 Å². The molecule has 0 saturated heterocycles. The molecule has 0 spiro atoms. The largest absolute Gasteiger partial charge is 0.395 e. The Bertz CT molecular complexity index is 365. The molecular formula is C13H19FN2. The molecule has 0 amide bonds. The van der Waals surface area contributed by atoms with Crippen LogP contribution in [0.25, 0.3) is 0 Å². The van der Waals surface area contributed by atoms with Gasteiger partial charge in [0, 0.05) is 6.54 Å². The Morgan fingerprint density at radius 1 is 1.44 bits per heavy atom. The molecule has 0 bridgehead atoms. The fourth-order valence-corrected chi connectivity index (χ4v) is 2.46. The van der Waals surface area contributed by atoms with E-state index in [1.807, 2.05) is 6.07 Å². The Kier molecular flexibility index (Phi) is 3.32. The first-order valence-corrected chi connectivity index (χ1v) is 5.96. The van der Waals surface area contributed by atoms with E-state index >= 15 is 0 Å². The zero-order valence-electron chi connectivity index (χ0n) is 9.67. The van der Waals surface area contributed by atoms with E-state index in [1.165, 1.54) is 25.3 Å². The quantitative estimate of drug-likeness (QED) is 0.770. The molecule has 3 N–H and O–H groups in total. The SMILES string of the molecule is CC1CCCC1CNc1cccc(F)c1N. The van der Waals surface area contributed by atoms with E-state index in [1.54, 1.807) is 6.07 Å². The average Bonchev–Trinajstić information content (AvgIpc) is 2.67. The number of hydrogen-bond acceptors (Lipinski definition) is 2. The molecule has 3 heteroatoms. The van der Waals surface area contributed by atoms with Crippen LogP contribution in [0, 0.1) is 17.7 Å². The molecule has 0 heterocycles. The van der Waals surface area contributed by atoms with E-state index in [9.17, 15) is 4.39 Å². The molecule has 1 aromatic carbocycles. The van der Waals surface area contributed by atoms with Crippen LogP contribution in [-0.2, 0) is 0 Å². The van der Waals surface area contributed by atoms with Gasteiger partial charge in [-0.2, -0.15) is 0 Å². The number of nitrogen functional groups attached to an aromatic ring is 1. The van der Waals surface area contributed by atoms with Crippen molar-refractivity contribution in [2.75, 3.05) is 17.6 Å². The summed E-state index contributed by atoms with van der Waals surface area (Å²) in [4.78, 5) is 0. The Morgan fingerprint density at radius 3 is 2.94 bits per heavy atom. The minimum absolute atomic E-state index is 0.230. The molecule has 2 unspecified atom stereocenters. The van der Waals surface area contributed by atoms with Gasteiger partial charge in [0.1, 0.15) is 5.82 Å². The summed E-state index contributed by atoms with van der Waals surface area (Å²) in [5.74, 6) is 1.12. The van der Waals surface area contributed by atoms with E-state index in [0.717, 1.165) is 18.2 Å². The normalized spacial score (nSPS) is 24.6. The van der Waals surface area contributed by atoms with E-state index < -0.39 is 0 Å². The van der Waals surface area contributed by atoms with E-state index in [-0.39, 0.29) is 11.5 Å². The summed E-state index contributed by atoms with van der Waals surface area (Å²) in [5.41, 5.74) is 6.62. The number of anilines is 2. The van der Waals surface area contributed by atoms with Crippen LogP contribution < -0.4 is 11.1 Å². The fourth-order valence-electron chi connectivity index (χ4n) is 2.46. The summed E-state index contributed by atoms with van der Waals surface area (Å²) in [6.45, 7) is 3.18. The number of para-hydroxylation sites is 1. The van der Waals surface area contributed by atoms with Crippen LogP contribution in [0.1, 0.15) is 26.2 Å². The molecular weight excluding hydrogens is 203 g/mol. The summed E-state index contributed by atoms with van der Waals surface area (Å²) in [6.07, 6.45) is 3.89.